The molecule has 0 aromatic carbocycles. The molecule has 156 valence electrons. The van der Waals surface area contributed by atoms with Gasteiger partial charge in [0.05, 0.1) is 6.54 Å². The Morgan fingerprint density at radius 3 is 2.15 bits per heavy atom. The van der Waals surface area contributed by atoms with Crippen molar-refractivity contribution in [3.8, 4) is 0 Å². The first-order valence-corrected chi connectivity index (χ1v) is 10.2. The third-order valence-corrected chi connectivity index (χ3v) is 4.41. The van der Waals surface area contributed by atoms with E-state index < -0.39 is 41.8 Å². The summed E-state index contributed by atoms with van der Waals surface area (Å²) in [5, 5.41) is 16.6. The molecule has 0 aliphatic heterocycles. The van der Waals surface area contributed by atoms with Crippen molar-refractivity contribution < 1.29 is 24.3 Å². The largest absolute Gasteiger partial charge is 0.480 e. The maximum Gasteiger partial charge on any atom is 0.326 e. The van der Waals surface area contributed by atoms with Gasteiger partial charge in [0.1, 0.15) is 18.1 Å². The van der Waals surface area contributed by atoms with Crippen LogP contribution in [0.5, 0.6) is 0 Å². The van der Waals surface area contributed by atoms with Crippen molar-refractivity contribution >= 4 is 35.5 Å². The molecular weight excluding hydrogens is 374 g/mol. The quantitative estimate of drug-likeness (QED) is 0.187. The zero-order chi connectivity index (χ0) is 20.8. The van der Waals surface area contributed by atoms with Gasteiger partial charge in [-0.15, -0.1) is 0 Å². The Labute approximate surface area is 163 Å². The number of unbranched alkanes of at least 4 members (excludes halogenated alkanes) is 1. The minimum Gasteiger partial charge on any atom is -0.480 e. The predicted molar refractivity (Wildman–Crippen MR) is 104 cm³/mol. The molecule has 3 atom stereocenters. The highest BCUT2D eigenvalue weighted by molar-refractivity contribution is 7.98. The van der Waals surface area contributed by atoms with Gasteiger partial charge in [0.15, 0.2) is 0 Å². The lowest BCUT2D eigenvalue weighted by atomic mass is 10.1. The van der Waals surface area contributed by atoms with E-state index in [9.17, 15) is 19.2 Å². The van der Waals surface area contributed by atoms with E-state index in [0.29, 0.717) is 31.6 Å². The molecule has 0 aliphatic rings. The number of hydrogen-bond acceptors (Lipinski definition) is 7. The molecule has 11 heteroatoms. The van der Waals surface area contributed by atoms with Gasteiger partial charge in [-0.05, 0) is 51.2 Å². The highest BCUT2D eigenvalue weighted by atomic mass is 32.2. The summed E-state index contributed by atoms with van der Waals surface area (Å²) >= 11 is 1.47. The van der Waals surface area contributed by atoms with Crippen molar-refractivity contribution in [2.45, 2.75) is 50.7 Å². The number of carboxylic acids is 1. The molecule has 3 amide bonds. The molecule has 10 nitrogen and oxygen atoms in total. The second kappa shape index (κ2) is 14.2. The first-order valence-electron chi connectivity index (χ1n) is 8.78. The second-order valence-corrected chi connectivity index (χ2v) is 7.01. The fourth-order valence-electron chi connectivity index (χ4n) is 2.18. The molecule has 0 heterocycles. The number of rotatable bonds is 14. The molecule has 3 unspecified atom stereocenters. The number of carboxylic acid groups (broad SMARTS) is 1. The summed E-state index contributed by atoms with van der Waals surface area (Å²) in [7, 11) is 0. The molecule has 0 rings (SSSR count). The summed E-state index contributed by atoms with van der Waals surface area (Å²) in [5.41, 5.74) is 10.7. The minimum absolute atomic E-state index is 0.257. The number of carbonyl (C=O) groups excluding carboxylic acids is 3. The van der Waals surface area contributed by atoms with Crippen LogP contribution < -0.4 is 27.4 Å². The zero-order valence-electron chi connectivity index (χ0n) is 15.8. The summed E-state index contributed by atoms with van der Waals surface area (Å²) in [5.74, 6) is -2.18. The van der Waals surface area contributed by atoms with Crippen LogP contribution in [0.15, 0.2) is 0 Å². The molecule has 0 aromatic heterocycles. The molecule has 0 fully saturated rings. The lowest BCUT2D eigenvalue weighted by Gasteiger charge is -2.22. The van der Waals surface area contributed by atoms with Gasteiger partial charge in [0.2, 0.25) is 17.7 Å². The molecule has 0 saturated carbocycles. The fraction of sp³-hybridized carbons (Fsp3) is 0.750. The van der Waals surface area contributed by atoms with E-state index in [1.54, 1.807) is 0 Å². The Morgan fingerprint density at radius 1 is 0.963 bits per heavy atom. The van der Waals surface area contributed by atoms with E-state index in [0.717, 1.165) is 0 Å². The molecule has 0 aliphatic carbocycles. The Balaban J connectivity index is 4.79. The Hall–Kier alpha value is -1.85. The van der Waals surface area contributed by atoms with E-state index in [4.69, 9.17) is 16.6 Å². The third-order valence-electron chi connectivity index (χ3n) is 3.76. The SMILES string of the molecule is CSCCC(NC(=O)C(C)NC(=O)C(CCCCN)NC(=O)CN)C(=O)O. The molecule has 0 spiro atoms. The average Bonchev–Trinajstić information content (AvgIpc) is 2.63. The summed E-state index contributed by atoms with van der Waals surface area (Å²) < 4.78 is 0. The fourth-order valence-corrected chi connectivity index (χ4v) is 2.66. The van der Waals surface area contributed by atoms with Gasteiger partial charge in [0, 0.05) is 0 Å². The minimum atomic E-state index is -1.13. The van der Waals surface area contributed by atoms with E-state index >= 15 is 0 Å². The van der Waals surface area contributed by atoms with Gasteiger partial charge in [-0.2, -0.15) is 11.8 Å². The van der Waals surface area contributed by atoms with Crippen LogP contribution in [0.2, 0.25) is 0 Å². The zero-order valence-corrected chi connectivity index (χ0v) is 16.6. The highest BCUT2D eigenvalue weighted by Crippen LogP contribution is 2.03. The van der Waals surface area contributed by atoms with Crippen molar-refractivity contribution in [3.05, 3.63) is 0 Å². The van der Waals surface area contributed by atoms with Crippen LogP contribution in [0.3, 0.4) is 0 Å². The Kier molecular flexibility index (Phi) is 13.3. The smallest absolute Gasteiger partial charge is 0.326 e. The number of carbonyl (C=O) groups is 4. The molecular formula is C16H31N5O5S. The van der Waals surface area contributed by atoms with Crippen molar-refractivity contribution in [2.24, 2.45) is 11.5 Å². The molecule has 0 bridgehead atoms. The number of aliphatic carboxylic acids is 1. The maximum absolute atomic E-state index is 12.4. The molecule has 0 saturated heterocycles. The molecule has 27 heavy (non-hydrogen) atoms. The number of amides is 3. The maximum atomic E-state index is 12.4. The summed E-state index contributed by atoms with van der Waals surface area (Å²) in [4.78, 5) is 47.3. The topological polar surface area (TPSA) is 177 Å². The highest BCUT2D eigenvalue weighted by Gasteiger charge is 2.26. The predicted octanol–water partition coefficient (Wildman–Crippen LogP) is -1.61. The number of thioether (sulfide) groups is 1. The van der Waals surface area contributed by atoms with Crippen LogP contribution >= 0.6 is 11.8 Å². The van der Waals surface area contributed by atoms with Crippen molar-refractivity contribution in [3.63, 3.8) is 0 Å². The summed E-state index contributed by atoms with van der Waals surface area (Å²) in [6.07, 6.45) is 3.78. The van der Waals surface area contributed by atoms with Crippen LogP contribution in [-0.4, -0.2) is 72.0 Å². The second-order valence-electron chi connectivity index (χ2n) is 6.02. The normalized spacial score (nSPS) is 13.9. The monoisotopic (exact) mass is 405 g/mol. The van der Waals surface area contributed by atoms with Gasteiger partial charge in [-0.1, -0.05) is 0 Å². The van der Waals surface area contributed by atoms with Crippen LogP contribution in [0, 0.1) is 0 Å². The van der Waals surface area contributed by atoms with E-state index in [1.165, 1.54) is 18.7 Å². The average molecular weight is 406 g/mol. The van der Waals surface area contributed by atoms with E-state index in [2.05, 4.69) is 16.0 Å². The van der Waals surface area contributed by atoms with Crippen molar-refractivity contribution in [1.29, 1.82) is 0 Å². The first-order chi connectivity index (χ1) is 12.8. The number of nitrogens with two attached hydrogens (primary N) is 2. The number of hydrogen-bond donors (Lipinski definition) is 6. The van der Waals surface area contributed by atoms with Crippen LogP contribution in [0.25, 0.3) is 0 Å². The van der Waals surface area contributed by atoms with Gasteiger partial charge < -0.3 is 32.5 Å². The first kappa shape index (κ1) is 25.1. The van der Waals surface area contributed by atoms with Crippen LogP contribution in [0.4, 0.5) is 0 Å². The Bertz CT molecular complexity index is 506. The van der Waals surface area contributed by atoms with Crippen LogP contribution in [0.1, 0.15) is 32.6 Å². The van der Waals surface area contributed by atoms with Gasteiger partial charge in [0.25, 0.3) is 0 Å². The third kappa shape index (κ3) is 10.8. The summed E-state index contributed by atoms with van der Waals surface area (Å²) in [6.45, 7) is 1.65. The van der Waals surface area contributed by atoms with Gasteiger partial charge in [-0.3, -0.25) is 14.4 Å². The Morgan fingerprint density at radius 2 is 1.63 bits per heavy atom. The van der Waals surface area contributed by atoms with E-state index in [1.807, 2.05) is 6.26 Å². The lowest BCUT2D eigenvalue weighted by molar-refractivity contribution is -0.142. The summed E-state index contributed by atoms with van der Waals surface area (Å²) in [6, 6.07) is -2.82. The van der Waals surface area contributed by atoms with Gasteiger partial charge >= 0.3 is 5.97 Å². The van der Waals surface area contributed by atoms with Crippen molar-refractivity contribution in [2.75, 3.05) is 25.1 Å². The van der Waals surface area contributed by atoms with Crippen LogP contribution in [-0.2, 0) is 19.2 Å². The van der Waals surface area contributed by atoms with E-state index in [-0.39, 0.29) is 13.0 Å². The van der Waals surface area contributed by atoms with Gasteiger partial charge in [-0.25, -0.2) is 4.79 Å². The standard InChI is InChI=1S/C16H31N5O5S/c1-10(14(23)21-12(16(25)26)6-8-27-2)19-15(24)11(5-3-4-7-17)20-13(22)9-18/h10-12H,3-9,17-18H2,1-2H3,(H,19,24)(H,20,22)(H,21,23)(H,25,26). The lowest BCUT2D eigenvalue weighted by Crippen LogP contribution is -2.55. The molecule has 0 radical (unpaired) electrons. The number of nitrogens with one attached hydrogen (secondary N) is 3. The molecule has 8 N–H and O–H groups in total. The van der Waals surface area contributed by atoms with Crippen molar-refractivity contribution in [1.82, 2.24) is 16.0 Å². The molecule has 0 aromatic rings.